The Morgan fingerprint density at radius 2 is 1.94 bits per heavy atom. The van der Waals surface area contributed by atoms with Crippen LogP contribution >= 0.6 is 7.82 Å². The molecule has 0 aliphatic carbocycles. The highest BCUT2D eigenvalue weighted by Crippen LogP contribution is 2.38. The molecule has 1 fully saturated rings. The summed E-state index contributed by atoms with van der Waals surface area (Å²) in [5.41, 5.74) is 0. The smallest absolute Gasteiger partial charge is 0.391 e. The van der Waals surface area contributed by atoms with Crippen molar-refractivity contribution in [3.63, 3.8) is 0 Å². The topological polar surface area (TPSA) is 157 Å². The van der Waals surface area contributed by atoms with Crippen molar-refractivity contribution in [1.82, 2.24) is 0 Å². The summed E-state index contributed by atoms with van der Waals surface area (Å²) in [5, 5.41) is 36.7. The van der Waals surface area contributed by atoms with Crippen molar-refractivity contribution < 1.29 is 44.0 Å². The summed E-state index contributed by atoms with van der Waals surface area (Å²) in [4.78, 5) is 16.8. The molecule has 16 heavy (non-hydrogen) atoms. The molecule has 1 aliphatic heterocycles. The van der Waals surface area contributed by atoms with E-state index in [1.807, 2.05) is 0 Å². The minimum Gasteiger partial charge on any atom is -0.391 e. The van der Waals surface area contributed by atoms with Crippen LogP contribution < -0.4 is 0 Å². The number of aliphatic hydroxyl groups excluding tert-OH is 3. The van der Waals surface area contributed by atoms with E-state index in [1.54, 1.807) is 0 Å². The number of phosphoric acid groups is 1. The number of aliphatic hydroxyl groups is 4. The van der Waals surface area contributed by atoms with Gasteiger partial charge in [0.1, 0.15) is 18.3 Å². The van der Waals surface area contributed by atoms with E-state index in [1.165, 1.54) is 0 Å². The van der Waals surface area contributed by atoms with Crippen molar-refractivity contribution in [2.75, 3.05) is 13.2 Å². The maximum atomic E-state index is 10.4. The van der Waals surface area contributed by atoms with E-state index in [4.69, 9.17) is 14.9 Å². The summed E-state index contributed by atoms with van der Waals surface area (Å²) < 4.78 is 19.1. The molecule has 96 valence electrons. The third kappa shape index (κ3) is 2.98. The monoisotopic (exact) mass is 260 g/mol. The van der Waals surface area contributed by atoms with Crippen LogP contribution in [0.4, 0.5) is 0 Å². The molecule has 4 atom stereocenters. The normalized spacial score (nSPS) is 40.2. The molecular weight excluding hydrogens is 247 g/mol. The maximum absolute atomic E-state index is 10.4. The molecule has 0 radical (unpaired) electrons. The molecule has 0 aromatic rings. The summed E-state index contributed by atoms with van der Waals surface area (Å²) in [6, 6.07) is 0. The van der Waals surface area contributed by atoms with E-state index < -0.39 is 45.1 Å². The van der Waals surface area contributed by atoms with Gasteiger partial charge in [0, 0.05) is 0 Å². The second kappa shape index (κ2) is 4.65. The lowest BCUT2D eigenvalue weighted by Crippen LogP contribution is -2.46. The average molecular weight is 260 g/mol. The first-order valence-electron chi connectivity index (χ1n) is 4.27. The Morgan fingerprint density at radius 3 is 2.31 bits per heavy atom. The van der Waals surface area contributed by atoms with Crippen LogP contribution in [0.3, 0.4) is 0 Å². The zero-order valence-corrected chi connectivity index (χ0v) is 8.90. The number of hydrogen-bond acceptors (Lipinski definition) is 7. The standard InChI is InChI=1S/C6H13O9P/c7-2-6(10)5(9)4(8)3(15-6)1-14-16(11,12)13/h3-5,7-10H,1-2H2,(H2,11,12,13)/t3-,4?,5?,6-/m1/s1. The maximum Gasteiger partial charge on any atom is 0.469 e. The van der Waals surface area contributed by atoms with Gasteiger partial charge in [-0.05, 0) is 0 Å². The van der Waals surface area contributed by atoms with Gasteiger partial charge < -0.3 is 34.9 Å². The molecule has 0 aromatic carbocycles. The van der Waals surface area contributed by atoms with E-state index in [-0.39, 0.29) is 0 Å². The van der Waals surface area contributed by atoms with Crippen molar-refractivity contribution in [3.8, 4) is 0 Å². The number of ether oxygens (including phenoxy) is 1. The molecule has 0 spiro atoms. The van der Waals surface area contributed by atoms with Crippen molar-refractivity contribution >= 4 is 7.82 Å². The van der Waals surface area contributed by atoms with Crippen LogP contribution in [0.2, 0.25) is 0 Å². The van der Waals surface area contributed by atoms with Gasteiger partial charge in [0.05, 0.1) is 13.2 Å². The first-order chi connectivity index (χ1) is 7.19. The third-order valence-corrected chi connectivity index (χ3v) is 2.64. The molecule has 1 heterocycles. The Hall–Kier alpha value is -0.0900. The van der Waals surface area contributed by atoms with Crippen LogP contribution in [-0.2, 0) is 13.8 Å². The fourth-order valence-electron chi connectivity index (χ4n) is 1.31. The first-order valence-corrected chi connectivity index (χ1v) is 5.80. The molecule has 0 aromatic heterocycles. The average Bonchev–Trinajstić information content (AvgIpc) is 2.40. The fraction of sp³-hybridized carbons (Fsp3) is 1.00. The molecule has 1 aliphatic rings. The van der Waals surface area contributed by atoms with Crippen molar-refractivity contribution in [2.45, 2.75) is 24.1 Å². The van der Waals surface area contributed by atoms with Gasteiger partial charge >= 0.3 is 7.82 Å². The summed E-state index contributed by atoms with van der Waals surface area (Å²) >= 11 is 0. The molecule has 1 rings (SSSR count). The van der Waals surface area contributed by atoms with Gasteiger partial charge in [0.15, 0.2) is 0 Å². The Kier molecular flexibility index (Phi) is 4.06. The van der Waals surface area contributed by atoms with Crippen LogP contribution in [0, 0.1) is 0 Å². The lowest BCUT2D eigenvalue weighted by atomic mass is 10.1. The van der Waals surface area contributed by atoms with Gasteiger partial charge in [-0.1, -0.05) is 0 Å². The van der Waals surface area contributed by atoms with Gasteiger partial charge in [-0.3, -0.25) is 4.52 Å². The number of rotatable bonds is 4. The van der Waals surface area contributed by atoms with Gasteiger partial charge in [-0.25, -0.2) is 4.57 Å². The van der Waals surface area contributed by atoms with Gasteiger partial charge in [0.2, 0.25) is 5.79 Å². The van der Waals surface area contributed by atoms with Crippen molar-refractivity contribution in [1.29, 1.82) is 0 Å². The molecule has 6 N–H and O–H groups in total. The highest BCUT2D eigenvalue weighted by molar-refractivity contribution is 7.46. The van der Waals surface area contributed by atoms with Crippen LogP contribution in [0.5, 0.6) is 0 Å². The number of phosphoric ester groups is 1. The number of hydrogen-bond donors (Lipinski definition) is 6. The Bertz CT molecular complexity index is 290. The molecule has 9 nitrogen and oxygen atoms in total. The second-order valence-corrected chi connectivity index (χ2v) is 4.62. The molecule has 2 unspecified atom stereocenters. The molecular formula is C6H13O9P. The zero-order chi connectivity index (χ0) is 12.6. The summed E-state index contributed by atoms with van der Waals surface area (Å²) in [6.45, 7) is -1.71. The van der Waals surface area contributed by atoms with Crippen molar-refractivity contribution in [3.05, 3.63) is 0 Å². The van der Waals surface area contributed by atoms with Gasteiger partial charge in [-0.15, -0.1) is 0 Å². The van der Waals surface area contributed by atoms with Gasteiger partial charge in [0.25, 0.3) is 0 Å². The van der Waals surface area contributed by atoms with E-state index in [9.17, 15) is 19.9 Å². The highest BCUT2D eigenvalue weighted by Gasteiger charge is 2.53. The quantitative estimate of drug-likeness (QED) is 0.288. The molecule has 0 amide bonds. The van der Waals surface area contributed by atoms with Gasteiger partial charge in [-0.2, -0.15) is 0 Å². The highest BCUT2D eigenvalue weighted by atomic mass is 31.2. The lowest BCUT2D eigenvalue weighted by molar-refractivity contribution is -0.247. The second-order valence-electron chi connectivity index (χ2n) is 3.38. The van der Waals surface area contributed by atoms with E-state index in [0.717, 1.165) is 0 Å². The zero-order valence-electron chi connectivity index (χ0n) is 8.00. The van der Waals surface area contributed by atoms with Crippen LogP contribution in [0.25, 0.3) is 0 Å². The summed E-state index contributed by atoms with van der Waals surface area (Å²) in [6.07, 6.45) is -4.76. The Morgan fingerprint density at radius 1 is 1.38 bits per heavy atom. The SMILES string of the molecule is O=P(O)(O)OC[C@H]1O[C@](O)(CO)C(O)C1O. The van der Waals surface area contributed by atoms with Crippen LogP contribution in [0.15, 0.2) is 0 Å². The third-order valence-electron chi connectivity index (χ3n) is 2.16. The summed E-state index contributed by atoms with van der Waals surface area (Å²) in [5.74, 6) is -2.36. The molecule has 1 saturated heterocycles. The fourth-order valence-corrected chi connectivity index (χ4v) is 1.65. The first kappa shape index (κ1) is 14.0. The Balaban J connectivity index is 2.61. The van der Waals surface area contributed by atoms with Crippen LogP contribution in [-0.4, -0.2) is 67.5 Å². The van der Waals surface area contributed by atoms with Crippen molar-refractivity contribution in [2.24, 2.45) is 0 Å². The van der Waals surface area contributed by atoms with E-state index in [0.29, 0.717) is 0 Å². The largest absolute Gasteiger partial charge is 0.469 e. The minimum absolute atomic E-state index is 0.731. The molecule has 0 saturated carbocycles. The minimum atomic E-state index is -4.73. The molecule has 10 heteroatoms. The van der Waals surface area contributed by atoms with E-state index >= 15 is 0 Å². The predicted octanol–water partition coefficient (Wildman–Crippen LogP) is -3.10. The predicted molar refractivity (Wildman–Crippen MR) is 46.9 cm³/mol. The Labute approximate surface area is 90.1 Å². The lowest BCUT2D eigenvalue weighted by Gasteiger charge is -2.22. The van der Waals surface area contributed by atoms with E-state index in [2.05, 4.69) is 9.26 Å². The van der Waals surface area contributed by atoms with Crippen LogP contribution in [0.1, 0.15) is 0 Å². The molecule has 0 bridgehead atoms. The summed E-state index contributed by atoms with van der Waals surface area (Å²) in [7, 11) is -4.73.